The number of nitrogens with one attached hydrogen (secondary N) is 2. The van der Waals surface area contributed by atoms with Crippen molar-refractivity contribution in [2.24, 2.45) is 0 Å². The third-order valence-electron chi connectivity index (χ3n) is 4.49. The molecule has 0 radical (unpaired) electrons. The zero-order valence-electron chi connectivity index (χ0n) is 14.9. The third kappa shape index (κ3) is 4.95. The van der Waals surface area contributed by atoms with Gasteiger partial charge in [-0.15, -0.1) is 0 Å². The second kappa shape index (κ2) is 8.67. The molecule has 24 heavy (non-hydrogen) atoms. The average Bonchev–Trinajstić information content (AvgIpc) is 2.57. The molecule has 0 aromatic heterocycles. The molecule has 2 amide bonds. The molecule has 0 fully saturated rings. The fraction of sp³-hybridized carbons (Fsp3) is 0.500. The van der Waals surface area contributed by atoms with E-state index in [2.05, 4.69) is 30.6 Å². The Morgan fingerprint density at radius 1 is 1.17 bits per heavy atom. The van der Waals surface area contributed by atoms with E-state index in [4.69, 9.17) is 0 Å². The standard InChI is InChI=1S/C20H28N2O2/c1-14(2)17-11-7-8-15(3)18(17)22-20(24)19(23)21-13-12-16-9-5-4-6-10-16/h7-9,11,14H,4-6,10,12-13H2,1-3H3,(H,21,23)(H,22,24). The van der Waals surface area contributed by atoms with Crippen molar-refractivity contribution in [1.82, 2.24) is 5.32 Å². The summed E-state index contributed by atoms with van der Waals surface area (Å²) in [6.45, 7) is 6.60. The minimum Gasteiger partial charge on any atom is -0.348 e. The third-order valence-corrected chi connectivity index (χ3v) is 4.49. The van der Waals surface area contributed by atoms with Crippen LogP contribution in [0.25, 0.3) is 0 Å². The zero-order valence-corrected chi connectivity index (χ0v) is 14.9. The number of allylic oxidation sites excluding steroid dienone is 1. The molecule has 2 N–H and O–H groups in total. The Hall–Kier alpha value is -2.10. The topological polar surface area (TPSA) is 58.2 Å². The summed E-state index contributed by atoms with van der Waals surface area (Å²) in [6, 6.07) is 5.90. The number of para-hydroxylation sites is 1. The van der Waals surface area contributed by atoms with Gasteiger partial charge in [-0.2, -0.15) is 0 Å². The fourth-order valence-electron chi connectivity index (χ4n) is 3.06. The lowest BCUT2D eigenvalue weighted by Gasteiger charge is -2.16. The predicted octanol–water partition coefficient (Wildman–Crippen LogP) is 4.06. The molecule has 130 valence electrons. The Labute approximate surface area is 144 Å². The molecule has 4 heteroatoms. The summed E-state index contributed by atoms with van der Waals surface area (Å²) < 4.78 is 0. The lowest BCUT2D eigenvalue weighted by Crippen LogP contribution is -2.36. The van der Waals surface area contributed by atoms with Crippen molar-refractivity contribution in [3.63, 3.8) is 0 Å². The van der Waals surface area contributed by atoms with Gasteiger partial charge in [0, 0.05) is 12.2 Å². The molecule has 0 saturated heterocycles. The lowest BCUT2D eigenvalue weighted by molar-refractivity contribution is -0.136. The number of amides is 2. The van der Waals surface area contributed by atoms with Gasteiger partial charge in [-0.3, -0.25) is 9.59 Å². The van der Waals surface area contributed by atoms with E-state index in [0.717, 1.165) is 36.1 Å². The molecule has 1 aromatic carbocycles. The van der Waals surface area contributed by atoms with E-state index >= 15 is 0 Å². The van der Waals surface area contributed by atoms with E-state index in [1.165, 1.54) is 18.4 Å². The van der Waals surface area contributed by atoms with E-state index in [9.17, 15) is 9.59 Å². The van der Waals surface area contributed by atoms with Crippen molar-refractivity contribution in [3.8, 4) is 0 Å². The van der Waals surface area contributed by atoms with E-state index in [1.807, 2.05) is 25.1 Å². The molecule has 0 aliphatic heterocycles. The normalized spacial score (nSPS) is 14.2. The molecule has 0 bridgehead atoms. The molecule has 2 rings (SSSR count). The SMILES string of the molecule is Cc1cccc(C(C)C)c1NC(=O)C(=O)NCCC1=CCCCC1. The average molecular weight is 328 g/mol. The van der Waals surface area contributed by atoms with Crippen molar-refractivity contribution < 1.29 is 9.59 Å². The van der Waals surface area contributed by atoms with Crippen LogP contribution in [0.4, 0.5) is 5.69 Å². The highest BCUT2D eigenvalue weighted by molar-refractivity contribution is 6.39. The molecular formula is C20H28N2O2. The van der Waals surface area contributed by atoms with Crippen LogP contribution in [0.3, 0.4) is 0 Å². The number of aryl methyl sites for hydroxylation is 1. The second-order valence-corrected chi connectivity index (χ2v) is 6.76. The van der Waals surface area contributed by atoms with Gasteiger partial charge in [-0.1, -0.05) is 43.7 Å². The van der Waals surface area contributed by atoms with Crippen LogP contribution in [0.5, 0.6) is 0 Å². The van der Waals surface area contributed by atoms with Crippen molar-refractivity contribution in [1.29, 1.82) is 0 Å². The van der Waals surface area contributed by atoms with E-state index in [1.54, 1.807) is 0 Å². The molecule has 0 saturated carbocycles. The summed E-state index contributed by atoms with van der Waals surface area (Å²) in [5.41, 5.74) is 4.16. The highest BCUT2D eigenvalue weighted by Gasteiger charge is 2.17. The molecule has 1 aliphatic rings. The first kappa shape index (κ1) is 18.2. The van der Waals surface area contributed by atoms with Gasteiger partial charge in [-0.25, -0.2) is 0 Å². The summed E-state index contributed by atoms with van der Waals surface area (Å²) in [4.78, 5) is 24.2. The van der Waals surface area contributed by atoms with Crippen LogP contribution in [0, 0.1) is 6.92 Å². The minimum absolute atomic E-state index is 0.279. The predicted molar refractivity (Wildman–Crippen MR) is 98.1 cm³/mol. The summed E-state index contributed by atoms with van der Waals surface area (Å²) >= 11 is 0. The van der Waals surface area contributed by atoms with Crippen LogP contribution in [0.1, 0.15) is 63.0 Å². The molecule has 1 aliphatic carbocycles. The van der Waals surface area contributed by atoms with Crippen LogP contribution < -0.4 is 10.6 Å². The number of rotatable bonds is 5. The summed E-state index contributed by atoms with van der Waals surface area (Å²) in [5, 5.41) is 5.51. The lowest BCUT2D eigenvalue weighted by atomic mass is 9.97. The van der Waals surface area contributed by atoms with Gasteiger partial charge in [0.1, 0.15) is 0 Å². The Balaban J connectivity index is 1.90. The molecule has 0 heterocycles. The van der Waals surface area contributed by atoms with Gasteiger partial charge in [0.05, 0.1) is 0 Å². The van der Waals surface area contributed by atoms with Crippen molar-refractivity contribution >= 4 is 17.5 Å². The molecular weight excluding hydrogens is 300 g/mol. The number of benzene rings is 1. The Morgan fingerprint density at radius 2 is 1.96 bits per heavy atom. The largest absolute Gasteiger partial charge is 0.348 e. The van der Waals surface area contributed by atoms with Gasteiger partial charge in [-0.05, 0) is 56.1 Å². The fourth-order valence-corrected chi connectivity index (χ4v) is 3.06. The Morgan fingerprint density at radius 3 is 2.62 bits per heavy atom. The van der Waals surface area contributed by atoms with Gasteiger partial charge in [0.25, 0.3) is 0 Å². The van der Waals surface area contributed by atoms with E-state index in [-0.39, 0.29) is 5.92 Å². The zero-order chi connectivity index (χ0) is 17.5. The number of anilines is 1. The quantitative estimate of drug-likeness (QED) is 0.632. The van der Waals surface area contributed by atoms with E-state index in [0.29, 0.717) is 6.54 Å². The van der Waals surface area contributed by atoms with Gasteiger partial charge < -0.3 is 10.6 Å². The molecule has 4 nitrogen and oxygen atoms in total. The minimum atomic E-state index is -0.594. The van der Waals surface area contributed by atoms with E-state index < -0.39 is 11.8 Å². The maximum Gasteiger partial charge on any atom is 0.313 e. The maximum atomic E-state index is 12.2. The van der Waals surface area contributed by atoms with Crippen molar-refractivity contribution in [3.05, 3.63) is 41.0 Å². The Bertz CT molecular complexity index is 633. The number of carbonyl (C=O) groups is 2. The molecule has 1 aromatic rings. The molecule has 0 atom stereocenters. The first-order chi connectivity index (χ1) is 11.5. The summed E-state index contributed by atoms with van der Waals surface area (Å²) in [5.74, 6) is -0.880. The summed E-state index contributed by atoms with van der Waals surface area (Å²) in [6.07, 6.45) is 7.83. The van der Waals surface area contributed by atoms with Crippen LogP contribution in [-0.2, 0) is 9.59 Å². The molecule has 0 unspecified atom stereocenters. The number of carbonyl (C=O) groups excluding carboxylic acids is 2. The van der Waals surface area contributed by atoms with Gasteiger partial charge in [0.2, 0.25) is 0 Å². The van der Waals surface area contributed by atoms with Gasteiger partial charge >= 0.3 is 11.8 Å². The second-order valence-electron chi connectivity index (χ2n) is 6.76. The number of hydrogen-bond acceptors (Lipinski definition) is 2. The maximum absolute atomic E-state index is 12.2. The van der Waals surface area contributed by atoms with Crippen LogP contribution >= 0.6 is 0 Å². The first-order valence-corrected chi connectivity index (χ1v) is 8.85. The van der Waals surface area contributed by atoms with Crippen LogP contribution in [0.2, 0.25) is 0 Å². The number of hydrogen-bond donors (Lipinski definition) is 2. The van der Waals surface area contributed by atoms with Crippen molar-refractivity contribution in [2.45, 2.75) is 58.8 Å². The summed E-state index contributed by atoms with van der Waals surface area (Å²) in [7, 11) is 0. The van der Waals surface area contributed by atoms with Crippen LogP contribution in [0.15, 0.2) is 29.8 Å². The highest BCUT2D eigenvalue weighted by atomic mass is 16.2. The smallest absolute Gasteiger partial charge is 0.313 e. The van der Waals surface area contributed by atoms with Crippen molar-refractivity contribution in [2.75, 3.05) is 11.9 Å². The Kier molecular flexibility index (Phi) is 6.59. The highest BCUT2D eigenvalue weighted by Crippen LogP contribution is 2.27. The monoisotopic (exact) mass is 328 g/mol. The van der Waals surface area contributed by atoms with Crippen LogP contribution in [-0.4, -0.2) is 18.4 Å². The molecule has 0 spiro atoms. The first-order valence-electron chi connectivity index (χ1n) is 8.85. The van der Waals surface area contributed by atoms with Gasteiger partial charge in [0.15, 0.2) is 0 Å².